The average molecular weight is 354 g/mol. The van der Waals surface area contributed by atoms with E-state index in [1.54, 1.807) is 23.5 Å². The molecule has 0 saturated carbocycles. The Balaban J connectivity index is 1.92. The van der Waals surface area contributed by atoms with E-state index in [-0.39, 0.29) is 5.91 Å². The molecule has 25 heavy (non-hydrogen) atoms. The van der Waals surface area contributed by atoms with Gasteiger partial charge in [0, 0.05) is 19.2 Å². The summed E-state index contributed by atoms with van der Waals surface area (Å²) in [5.41, 5.74) is -0.249. The van der Waals surface area contributed by atoms with Crippen molar-refractivity contribution in [2.75, 3.05) is 20.3 Å². The number of hydrogen-bond donors (Lipinski definition) is 0. The Morgan fingerprint density at radius 2 is 1.92 bits per heavy atom. The zero-order valence-corrected chi connectivity index (χ0v) is 13.7. The molecular formula is C16H17F3N4O2. The van der Waals surface area contributed by atoms with Crippen molar-refractivity contribution in [3.05, 3.63) is 35.7 Å². The molecule has 2 aromatic rings. The number of rotatable bonds is 4. The highest BCUT2D eigenvalue weighted by atomic mass is 19.4. The lowest BCUT2D eigenvalue weighted by Gasteiger charge is -2.31. The highest BCUT2D eigenvalue weighted by Crippen LogP contribution is 2.32. The van der Waals surface area contributed by atoms with Crippen molar-refractivity contribution in [3.8, 4) is 11.4 Å². The van der Waals surface area contributed by atoms with Crippen LogP contribution in [-0.4, -0.2) is 45.8 Å². The topological polar surface area (TPSA) is 60.2 Å². The minimum Gasteiger partial charge on any atom is -0.383 e. The van der Waals surface area contributed by atoms with Gasteiger partial charge in [0.1, 0.15) is 6.04 Å². The highest BCUT2D eigenvalue weighted by molar-refractivity contribution is 5.82. The number of methoxy groups -OCH3 is 1. The second kappa shape index (κ2) is 6.47. The van der Waals surface area contributed by atoms with Gasteiger partial charge in [0.15, 0.2) is 11.6 Å². The van der Waals surface area contributed by atoms with E-state index in [4.69, 9.17) is 4.74 Å². The van der Waals surface area contributed by atoms with Gasteiger partial charge in [-0.2, -0.15) is 13.2 Å². The van der Waals surface area contributed by atoms with Crippen LogP contribution in [0.1, 0.15) is 24.4 Å². The second-order valence-electron chi connectivity index (χ2n) is 5.81. The predicted octanol–water partition coefficient (Wildman–Crippen LogP) is 2.51. The van der Waals surface area contributed by atoms with Gasteiger partial charge < -0.3 is 9.64 Å². The number of ether oxygens (including phenoxy) is 1. The van der Waals surface area contributed by atoms with Crippen molar-refractivity contribution >= 4 is 5.91 Å². The summed E-state index contributed by atoms with van der Waals surface area (Å²) in [4.78, 5) is 14.1. The minimum atomic E-state index is -4.39. The van der Waals surface area contributed by atoms with Crippen LogP contribution in [0.25, 0.3) is 11.4 Å². The number of benzene rings is 1. The Hall–Kier alpha value is -2.42. The van der Waals surface area contributed by atoms with Gasteiger partial charge in [-0.15, -0.1) is 10.2 Å². The maximum absolute atomic E-state index is 12.7. The number of halogens is 3. The fraction of sp³-hybridized carbons (Fsp3) is 0.438. The smallest absolute Gasteiger partial charge is 0.383 e. The average Bonchev–Trinajstić information content (AvgIpc) is 3.00. The number of hydrogen-bond acceptors (Lipinski definition) is 4. The second-order valence-corrected chi connectivity index (χ2v) is 5.81. The van der Waals surface area contributed by atoms with E-state index >= 15 is 0 Å². The van der Waals surface area contributed by atoms with Crippen LogP contribution in [0.3, 0.4) is 0 Å². The molecule has 1 aliphatic rings. The number of alkyl halides is 3. The fourth-order valence-corrected chi connectivity index (χ4v) is 2.86. The van der Waals surface area contributed by atoms with Crippen molar-refractivity contribution in [2.24, 2.45) is 0 Å². The summed E-state index contributed by atoms with van der Waals surface area (Å²) in [6.45, 7) is 2.88. The predicted molar refractivity (Wildman–Crippen MR) is 82.5 cm³/mol. The molecule has 0 fully saturated rings. The summed E-state index contributed by atoms with van der Waals surface area (Å²) < 4.78 is 44.8. The van der Waals surface area contributed by atoms with E-state index < -0.39 is 17.8 Å². The molecule has 3 rings (SSSR count). The van der Waals surface area contributed by atoms with Crippen LogP contribution in [-0.2, 0) is 22.3 Å². The zero-order valence-electron chi connectivity index (χ0n) is 13.7. The summed E-state index contributed by atoms with van der Waals surface area (Å²) in [6, 6.07) is 4.14. The Morgan fingerprint density at radius 1 is 1.24 bits per heavy atom. The normalized spacial score (nSPS) is 17.7. The highest BCUT2D eigenvalue weighted by Gasteiger charge is 2.34. The molecule has 134 valence electrons. The van der Waals surface area contributed by atoms with Gasteiger partial charge in [0.25, 0.3) is 0 Å². The van der Waals surface area contributed by atoms with Crippen LogP contribution in [0.15, 0.2) is 24.3 Å². The van der Waals surface area contributed by atoms with Crippen LogP contribution in [0, 0.1) is 0 Å². The molecule has 2 heterocycles. The number of amides is 1. The Bertz CT molecular complexity index is 771. The van der Waals surface area contributed by atoms with E-state index in [9.17, 15) is 18.0 Å². The zero-order chi connectivity index (χ0) is 18.2. The first-order valence-corrected chi connectivity index (χ1v) is 7.72. The summed E-state index contributed by atoms with van der Waals surface area (Å²) in [7, 11) is 1.56. The molecule has 6 nitrogen and oxygen atoms in total. The first-order chi connectivity index (χ1) is 11.8. The molecule has 1 aliphatic heterocycles. The fourth-order valence-electron chi connectivity index (χ4n) is 2.86. The summed E-state index contributed by atoms with van der Waals surface area (Å²) >= 11 is 0. The van der Waals surface area contributed by atoms with Crippen LogP contribution >= 0.6 is 0 Å². The third-order valence-corrected chi connectivity index (χ3v) is 4.19. The Morgan fingerprint density at radius 3 is 2.52 bits per heavy atom. The van der Waals surface area contributed by atoms with Crippen LogP contribution in [0.2, 0.25) is 0 Å². The first-order valence-electron chi connectivity index (χ1n) is 7.72. The van der Waals surface area contributed by atoms with Crippen LogP contribution in [0.4, 0.5) is 13.2 Å². The van der Waals surface area contributed by atoms with Crippen molar-refractivity contribution in [2.45, 2.75) is 25.7 Å². The van der Waals surface area contributed by atoms with Gasteiger partial charge in [-0.3, -0.25) is 9.36 Å². The van der Waals surface area contributed by atoms with Gasteiger partial charge in [-0.25, -0.2) is 0 Å². The molecule has 0 spiro atoms. The standard InChI is InChI=1S/C16H17F3N4O2/c1-10-15(24)22(7-8-25-2)9-13-20-21-14(23(10)13)11-3-5-12(6-4-11)16(17,18)19/h3-6,10H,7-9H2,1-2H3/t10-/m0/s1. The molecule has 0 bridgehead atoms. The van der Waals surface area contributed by atoms with E-state index in [2.05, 4.69) is 10.2 Å². The number of carbonyl (C=O) groups is 1. The van der Waals surface area contributed by atoms with Crippen molar-refractivity contribution in [1.82, 2.24) is 19.7 Å². The molecule has 0 N–H and O–H groups in total. The molecule has 0 unspecified atom stereocenters. The molecule has 1 atom stereocenters. The first kappa shape index (κ1) is 17.4. The SMILES string of the molecule is COCCN1Cc2nnc(-c3ccc(C(F)(F)F)cc3)n2[C@@H](C)C1=O. The number of nitrogens with zero attached hydrogens (tertiary/aromatic N) is 4. The van der Waals surface area contributed by atoms with E-state index in [0.29, 0.717) is 36.9 Å². The molecule has 1 amide bonds. The Labute approximate surface area is 142 Å². The monoisotopic (exact) mass is 354 g/mol. The third-order valence-electron chi connectivity index (χ3n) is 4.19. The van der Waals surface area contributed by atoms with Crippen molar-refractivity contribution in [1.29, 1.82) is 0 Å². The molecule has 1 aromatic heterocycles. The van der Waals surface area contributed by atoms with Crippen molar-refractivity contribution < 1.29 is 22.7 Å². The van der Waals surface area contributed by atoms with Crippen LogP contribution < -0.4 is 0 Å². The number of aromatic nitrogens is 3. The Kier molecular flexibility index (Phi) is 4.51. The van der Waals surface area contributed by atoms with Crippen LogP contribution in [0.5, 0.6) is 0 Å². The lowest BCUT2D eigenvalue weighted by molar-refractivity contribution is -0.138. The molecule has 0 radical (unpaired) electrons. The maximum Gasteiger partial charge on any atom is 0.416 e. The van der Waals surface area contributed by atoms with Crippen molar-refractivity contribution in [3.63, 3.8) is 0 Å². The largest absolute Gasteiger partial charge is 0.416 e. The molecule has 9 heteroatoms. The summed E-state index contributed by atoms with van der Waals surface area (Å²) in [6.07, 6.45) is -4.39. The van der Waals surface area contributed by atoms with Gasteiger partial charge >= 0.3 is 6.18 Å². The van der Waals surface area contributed by atoms with Gasteiger partial charge in [0.05, 0.1) is 18.7 Å². The van der Waals surface area contributed by atoms with Gasteiger partial charge in [-0.05, 0) is 19.1 Å². The number of carbonyl (C=O) groups excluding carboxylic acids is 1. The lowest BCUT2D eigenvalue weighted by atomic mass is 10.1. The lowest BCUT2D eigenvalue weighted by Crippen LogP contribution is -2.43. The molecule has 1 aromatic carbocycles. The number of fused-ring (bicyclic) bond motifs is 1. The summed E-state index contributed by atoms with van der Waals surface area (Å²) in [5, 5.41) is 8.18. The maximum atomic E-state index is 12.7. The minimum absolute atomic E-state index is 0.0995. The van der Waals surface area contributed by atoms with Gasteiger partial charge in [-0.1, -0.05) is 12.1 Å². The molecular weight excluding hydrogens is 337 g/mol. The van der Waals surface area contributed by atoms with E-state index in [1.807, 2.05) is 0 Å². The quantitative estimate of drug-likeness (QED) is 0.847. The third kappa shape index (κ3) is 3.23. The van der Waals surface area contributed by atoms with E-state index in [1.165, 1.54) is 12.1 Å². The van der Waals surface area contributed by atoms with Gasteiger partial charge in [0.2, 0.25) is 5.91 Å². The summed E-state index contributed by atoms with van der Waals surface area (Å²) in [5.74, 6) is 0.881. The van der Waals surface area contributed by atoms with E-state index in [0.717, 1.165) is 12.1 Å². The molecule has 0 saturated heterocycles. The molecule has 0 aliphatic carbocycles.